The molecular weight excluding hydrogens is 388 g/mol. The molecule has 31 heavy (non-hydrogen) atoms. The van der Waals surface area contributed by atoms with E-state index in [0.29, 0.717) is 30.2 Å². The summed E-state index contributed by atoms with van der Waals surface area (Å²) in [6.07, 6.45) is 12.6. The number of nitrogens with zero attached hydrogens (tertiary/aromatic N) is 3. The van der Waals surface area contributed by atoms with Crippen molar-refractivity contribution in [3.63, 3.8) is 0 Å². The second-order valence-corrected chi connectivity index (χ2v) is 9.67. The SMILES string of the molecule is COCCNC1CCC(NC(C)=NCN=C(C)C2=CC(NCC3(C)CC3)CC=N2)CC1. The van der Waals surface area contributed by atoms with E-state index in [0.717, 1.165) is 43.4 Å². The fourth-order valence-electron chi connectivity index (χ4n) is 4.17. The molecule has 1 unspecified atom stereocenters. The summed E-state index contributed by atoms with van der Waals surface area (Å²) < 4.78 is 5.11. The molecule has 7 nitrogen and oxygen atoms in total. The van der Waals surface area contributed by atoms with Crippen LogP contribution in [0, 0.1) is 5.41 Å². The van der Waals surface area contributed by atoms with Crippen LogP contribution in [0.15, 0.2) is 26.8 Å². The number of ether oxygens (including phenoxy) is 1. The van der Waals surface area contributed by atoms with Crippen LogP contribution < -0.4 is 16.0 Å². The second kappa shape index (κ2) is 11.9. The molecule has 0 aromatic heterocycles. The van der Waals surface area contributed by atoms with E-state index in [1.807, 2.05) is 20.1 Å². The molecule has 1 aliphatic heterocycles. The molecule has 7 heteroatoms. The summed E-state index contributed by atoms with van der Waals surface area (Å²) in [5, 5.41) is 10.8. The lowest BCUT2D eigenvalue weighted by Gasteiger charge is -2.30. The molecule has 1 atom stereocenters. The Bertz CT molecular complexity index is 686. The summed E-state index contributed by atoms with van der Waals surface area (Å²) in [7, 11) is 1.75. The average molecular weight is 431 g/mol. The lowest BCUT2D eigenvalue weighted by molar-refractivity contribution is 0.190. The first-order valence-electron chi connectivity index (χ1n) is 12.0. The molecule has 0 bridgehead atoms. The molecule has 0 amide bonds. The Morgan fingerprint density at radius 3 is 2.58 bits per heavy atom. The smallest absolute Gasteiger partial charge is 0.131 e. The van der Waals surface area contributed by atoms with Crippen LogP contribution in [0.4, 0.5) is 0 Å². The minimum absolute atomic E-state index is 0.362. The largest absolute Gasteiger partial charge is 0.383 e. The number of methoxy groups -OCH3 is 1. The van der Waals surface area contributed by atoms with Crippen molar-refractivity contribution in [3.8, 4) is 0 Å². The van der Waals surface area contributed by atoms with Crippen molar-refractivity contribution in [2.24, 2.45) is 20.4 Å². The Kier molecular flexibility index (Phi) is 9.23. The van der Waals surface area contributed by atoms with Gasteiger partial charge >= 0.3 is 0 Å². The van der Waals surface area contributed by atoms with Crippen LogP contribution in [0.1, 0.15) is 65.7 Å². The van der Waals surface area contributed by atoms with E-state index in [-0.39, 0.29) is 0 Å². The number of hydrogen-bond acceptors (Lipinski definition) is 6. The molecule has 2 fully saturated rings. The third-order valence-corrected chi connectivity index (χ3v) is 6.71. The molecule has 3 aliphatic rings. The highest BCUT2D eigenvalue weighted by molar-refractivity contribution is 5.99. The van der Waals surface area contributed by atoms with E-state index >= 15 is 0 Å². The Labute approximate surface area is 188 Å². The molecule has 3 N–H and O–H groups in total. The third kappa shape index (κ3) is 8.47. The summed E-state index contributed by atoms with van der Waals surface area (Å²) >= 11 is 0. The topological polar surface area (TPSA) is 82.4 Å². The van der Waals surface area contributed by atoms with Gasteiger partial charge in [0.1, 0.15) is 6.67 Å². The number of allylic oxidation sites excluding steroid dienone is 1. The minimum Gasteiger partial charge on any atom is -0.383 e. The summed E-state index contributed by atoms with van der Waals surface area (Å²) in [6.45, 7) is 9.69. The first-order valence-corrected chi connectivity index (χ1v) is 12.0. The van der Waals surface area contributed by atoms with Crippen LogP contribution in [0.5, 0.6) is 0 Å². The number of amidine groups is 1. The van der Waals surface area contributed by atoms with E-state index in [9.17, 15) is 0 Å². The molecular formula is C24H42N6O. The molecule has 0 aromatic carbocycles. The zero-order chi connectivity index (χ0) is 22.1. The second-order valence-electron chi connectivity index (χ2n) is 9.67. The van der Waals surface area contributed by atoms with Gasteiger partial charge in [-0.15, -0.1) is 0 Å². The van der Waals surface area contributed by atoms with Crippen LogP contribution in [0.25, 0.3) is 0 Å². The molecule has 0 saturated heterocycles. The fourth-order valence-corrected chi connectivity index (χ4v) is 4.17. The Hall–Kier alpha value is -1.57. The molecule has 1 heterocycles. The maximum Gasteiger partial charge on any atom is 0.131 e. The summed E-state index contributed by atoms with van der Waals surface area (Å²) in [5.41, 5.74) is 2.45. The van der Waals surface area contributed by atoms with Crippen LogP contribution in [0.2, 0.25) is 0 Å². The lowest BCUT2D eigenvalue weighted by Crippen LogP contribution is -2.42. The van der Waals surface area contributed by atoms with Crippen molar-refractivity contribution in [3.05, 3.63) is 11.8 Å². The van der Waals surface area contributed by atoms with Gasteiger partial charge in [-0.2, -0.15) is 0 Å². The van der Waals surface area contributed by atoms with Crippen molar-refractivity contribution >= 4 is 17.8 Å². The van der Waals surface area contributed by atoms with Crippen molar-refractivity contribution in [2.75, 3.05) is 33.5 Å². The van der Waals surface area contributed by atoms with E-state index in [2.05, 4.69) is 43.9 Å². The van der Waals surface area contributed by atoms with Crippen LogP contribution in [0.3, 0.4) is 0 Å². The molecule has 0 aromatic rings. The lowest BCUT2D eigenvalue weighted by atomic mass is 9.91. The van der Waals surface area contributed by atoms with Gasteiger partial charge in [-0.3, -0.25) is 9.98 Å². The van der Waals surface area contributed by atoms with Gasteiger partial charge in [-0.25, -0.2) is 4.99 Å². The monoisotopic (exact) mass is 430 g/mol. The van der Waals surface area contributed by atoms with Gasteiger partial charge in [0.05, 0.1) is 23.9 Å². The highest BCUT2D eigenvalue weighted by Crippen LogP contribution is 2.44. The van der Waals surface area contributed by atoms with Gasteiger partial charge in [0, 0.05) is 51.0 Å². The van der Waals surface area contributed by atoms with E-state index in [1.165, 1.54) is 38.5 Å². The molecule has 0 radical (unpaired) electrons. The summed E-state index contributed by atoms with van der Waals surface area (Å²) in [5.74, 6) is 0.977. The van der Waals surface area contributed by atoms with Gasteiger partial charge in [-0.05, 0) is 63.9 Å². The van der Waals surface area contributed by atoms with Gasteiger partial charge in [-0.1, -0.05) is 6.92 Å². The molecule has 3 rings (SSSR count). The van der Waals surface area contributed by atoms with Crippen LogP contribution >= 0.6 is 0 Å². The third-order valence-electron chi connectivity index (χ3n) is 6.71. The normalized spacial score (nSPS) is 28.4. The Morgan fingerprint density at radius 1 is 1.13 bits per heavy atom. The van der Waals surface area contributed by atoms with Crippen LogP contribution in [-0.2, 0) is 4.74 Å². The quantitative estimate of drug-likeness (QED) is 0.267. The fraction of sp³-hybridized carbons (Fsp3) is 0.792. The van der Waals surface area contributed by atoms with Crippen molar-refractivity contribution in [1.29, 1.82) is 0 Å². The molecule has 2 saturated carbocycles. The van der Waals surface area contributed by atoms with Crippen molar-refractivity contribution in [2.45, 2.75) is 83.8 Å². The van der Waals surface area contributed by atoms with E-state index in [1.54, 1.807) is 7.11 Å². The first kappa shape index (κ1) is 24.1. The maximum absolute atomic E-state index is 5.11. The zero-order valence-corrected chi connectivity index (χ0v) is 19.9. The first-order chi connectivity index (χ1) is 15.0. The van der Waals surface area contributed by atoms with E-state index in [4.69, 9.17) is 4.74 Å². The van der Waals surface area contributed by atoms with Gasteiger partial charge < -0.3 is 20.7 Å². The standard InChI is InChI=1S/C24H42N6O/c1-18(23-15-22(9-12-26-23)27-16-24(3)10-11-24)28-17-29-19(2)30-21-7-5-20(6-8-21)25-13-14-31-4/h12,15,20-22,25,27H,5-11,13-14,16-17H2,1-4H3,(H,29,30). The molecule has 174 valence electrons. The van der Waals surface area contributed by atoms with Crippen molar-refractivity contribution < 1.29 is 4.74 Å². The predicted octanol–water partition coefficient (Wildman–Crippen LogP) is 3.08. The minimum atomic E-state index is 0.362. The number of aliphatic imine (C=N–C) groups is 3. The van der Waals surface area contributed by atoms with Crippen molar-refractivity contribution in [1.82, 2.24) is 16.0 Å². The van der Waals surface area contributed by atoms with Gasteiger partial charge in [0.25, 0.3) is 0 Å². The maximum atomic E-state index is 5.11. The molecule has 0 spiro atoms. The highest BCUT2D eigenvalue weighted by Gasteiger charge is 2.37. The Morgan fingerprint density at radius 2 is 1.87 bits per heavy atom. The summed E-state index contributed by atoms with van der Waals surface area (Å²) in [6, 6.07) is 1.49. The Balaban J connectivity index is 1.38. The number of rotatable bonds is 11. The van der Waals surface area contributed by atoms with Gasteiger partial charge in [0.2, 0.25) is 0 Å². The average Bonchev–Trinajstić information content (AvgIpc) is 3.51. The zero-order valence-electron chi connectivity index (χ0n) is 19.9. The summed E-state index contributed by atoms with van der Waals surface area (Å²) in [4.78, 5) is 13.8. The number of hydrogen-bond donors (Lipinski definition) is 3. The predicted molar refractivity (Wildman–Crippen MR) is 130 cm³/mol. The van der Waals surface area contributed by atoms with Gasteiger partial charge in [0.15, 0.2) is 0 Å². The van der Waals surface area contributed by atoms with Crippen LogP contribution in [-0.4, -0.2) is 69.4 Å². The van der Waals surface area contributed by atoms with E-state index < -0.39 is 0 Å². The number of nitrogens with one attached hydrogen (secondary N) is 3. The highest BCUT2D eigenvalue weighted by atomic mass is 16.5. The molecule has 2 aliphatic carbocycles.